The predicted octanol–water partition coefficient (Wildman–Crippen LogP) is 2.27. The summed E-state index contributed by atoms with van der Waals surface area (Å²) in [5.74, 6) is 0.114. The number of esters is 1. The maximum atomic E-state index is 11.5. The Kier molecular flexibility index (Phi) is 7.65. The molecule has 1 amide bonds. The number of hydrogen-bond acceptors (Lipinski definition) is 6. The molecule has 156 valence electrons. The van der Waals surface area contributed by atoms with E-state index in [-0.39, 0.29) is 60.1 Å². The van der Waals surface area contributed by atoms with Crippen LogP contribution in [0.25, 0.3) is 0 Å². The molecule has 0 saturated carbocycles. The van der Waals surface area contributed by atoms with E-state index in [1.165, 1.54) is 13.8 Å². The highest BCUT2D eigenvalue weighted by molar-refractivity contribution is 5.73. The molecule has 0 bridgehead atoms. The van der Waals surface area contributed by atoms with Gasteiger partial charge in [0.15, 0.2) is 6.29 Å². The molecule has 9 atom stereocenters. The molecule has 27 heavy (non-hydrogen) atoms. The topological polar surface area (TPSA) is 83.1 Å². The molecule has 0 radical (unpaired) electrons. The summed E-state index contributed by atoms with van der Waals surface area (Å²) in [6, 6.07) is -0.00743. The summed E-state index contributed by atoms with van der Waals surface area (Å²) in [5.41, 5.74) is 0. The number of carbonyl (C=O) groups excluding carboxylic acids is 2. The first kappa shape index (κ1) is 22.1. The van der Waals surface area contributed by atoms with Crippen LogP contribution < -0.4 is 5.32 Å². The van der Waals surface area contributed by atoms with Gasteiger partial charge in [-0.05, 0) is 25.7 Å². The van der Waals surface area contributed by atoms with Crippen molar-refractivity contribution in [2.45, 2.75) is 91.6 Å². The van der Waals surface area contributed by atoms with Crippen molar-refractivity contribution in [2.75, 3.05) is 6.61 Å². The fraction of sp³-hybridized carbons (Fsp3) is 0.900. The lowest BCUT2D eigenvalue weighted by Gasteiger charge is -2.45. The zero-order chi connectivity index (χ0) is 20.3. The number of hydrogen-bond donors (Lipinski definition) is 1. The first-order valence-electron chi connectivity index (χ1n) is 9.97. The highest BCUT2D eigenvalue weighted by Gasteiger charge is 2.42. The third-order valence-corrected chi connectivity index (χ3v) is 5.94. The van der Waals surface area contributed by atoms with Crippen molar-refractivity contribution < 1.29 is 28.5 Å². The molecule has 2 rings (SSSR count). The first-order chi connectivity index (χ1) is 12.6. The van der Waals surface area contributed by atoms with Gasteiger partial charge in [0.1, 0.15) is 6.10 Å². The minimum Gasteiger partial charge on any atom is -0.462 e. The van der Waals surface area contributed by atoms with Crippen molar-refractivity contribution in [3.63, 3.8) is 0 Å². The van der Waals surface area contributed by atoms with Crippen LogP contribution in [0.4, 0.5) is 0 Å². The largest absolute Gasteiger partial charge is 0.462 e. The Morgan fingerprint density at radius 2 is 1.67 bits per heavy atom. The predicted molar refractivity (Wildman–Crippen MR) is 99.9 cm³/mol. The van der Waals surface area contributed by atoms with Crippen molar-refractivity contribution in [1.82, 2.24) is 5.32 Å². The van der Waals surface area contributed by atoms with Crippen LogP contribution in [0, 0.1) is 17.8 Å². The average Bonchev–Trinajstić information content (AvgIpc) is 2.56. The van der Waals surface area contributed by atoms with E-state index in [2.05, 4.69) is 19.2 Å². The molecule has 2 heterocycles. The molecule has 0 aromatic rings. The van der Waals surface area contributed by atoms with Crippen molar-refractivity contribution in [1.29, 1.82) is 0 Å². The summed E-state index contributed by atoms with van der Waals surface area (Å²) in [6.45, 7) is 13.5. The fourth-order valence-corrected chi connectivity index (χ4v) is 4.13. The molecule has 2 aliphatic rings. The zero-order valence-electron chi connectivity index (χ0n) is 17.6. The Hall–Kier alpha value is -1.18. The lowest BCUT2D eigenvalue weighted by molar-refractivity contribution is -0.259. The Balaban J connectivity index is 1.95. The fourth-order valence-electron chi connectivity index (χ4n) is 4.13. The van der Waals surface area contributed by atoms with E-state index in [0.29, 0.717) is 13.0 Å². The van der Waals surface area contributed by atoms with Gasteiger partial charge >= 0.3 is 5.97 Å². The van der Waals surface area contributed by atoms with E-state index < -0.39 is 6.29 Å². The van der Waals surface area contributed by atoms with Crippen LogP contribution in [0.2, 0.25) is 0 Å². The summed E-state index contributed by atoms with van der Waals surface area (Å²) >= 11 is 0. The van der Waals surface area contributed by atoms with Crippen molar-refractivity contribution in [3.8, 4) is 0 Å². The molecule has 1 N–H and O–H groups in total. The van der Waals surface area contributed by atoms with Gasteiger partial charge < -0.3 is 24.3 Å². The number of nitrogens with one attached hydrogen (secondary N) is 1. The molecule has 7 nitrogen and oxygen atoms in total. The minimum absolute atomic E-state index is 0.00743. The second-order valence-electron chi connectivity index (χ2n) is 8.22. The Morgan fingerprint density at radius 1 is 1.00 bits per heavy atom. The Labute approximate surface area is 162 Å². The molecular formula is C20H35NO6. The molecule has 0 aromatic heterocycles. The van der Waals surface area contributed by atoms with E-state index in [1.807, 2.05) is 20.8 Å². The van der Waals surface area contributed by atoms with E-state index in [4.69, 9.17) is 18.9 Å². The minimum atomic E-state index is -0.437. The molecule has 0 spiro atoms. The Bertz CT molecular complexity index is 527. The van der Waals surface area contributed by atoms with Crippen LogP contribution in [-0.2, 0) is 28.5 Å². The lowest BCUT2D eigenvalue weighted by atomic mass is 9.80. The van der Waals surface area contributed by atoms with Gasteiger partial charge in [-0.25, -0.2) is 0 Å². The highest BCUT2D eigenvalue weighted by atomic mass is 16.7. The number of amides is 1. The second kappa shape index (κ2) is 9.34. The summed E-state index contributed by atoms with van der Waals surface area (Å²) in [6.07, 6.45) is -0.187. The Morgan fingerprint density at radius 3 is 2.26 bits per heavy atom. The zero-order valence-corrected chi connectivity index (χ0v) is 17.6. The second-order valence-corrected chi connectivity index (χ2v) is 8.22. The molecule has 2 aliphatic heterocycles. The molecule has 0 aliphatic carbocycles. The number of ether oxygens (including phenoxy) is 4. The van der Waals surface area contributed by atoms with Gasteiger partial charge in [0, 0.05) is 26.2 Å². The molecule has 9 unspecified atom stereocenters. The van der Waals surface area contributed by atoms with Crippen molar-refractivity contribution in [2.24, 2.45) is 17.8 Å². The first-order valence-corrected chi connectivity index (χ1v) is 9.97. The van der Waals surface area contributed by atoms with Crippen LogP contribution in [0.5, 0.6) is 0 Å². The summed E-state index contributed by atoms with van der Waals surface area (Å²) in [7, 11) is 0. The molecule has 7 heteroatoms. The maximum absolute atomic E-state index is 11.5. The van der Waals surface area contributed by atoms with Gasteiger partial charge in [-0.1, -0.05) is 20.8 Å². The van der Waals surface area contributed by atoms with Crippen molar-refractivity contribution >= 4 is 11.9 Å². The van der Waals surface area contributed by atoms with Crippen LogP contribution in [-0.4, -0.2) is 55.2 Å². The third kappa shape index (κ3) is 5.65. The van der Waals surface area contributed by atoms with Gasteiger partial charge in [0.05, 0.1) is 31.0 Å². The lowest BCUT2D eigenvalue weighted by Crippen LogP contribution is -2.57. The van der Waals surface area contributed by atoms with E-state index in [9.17, 15) is 9.59 Å². The van der Waals surface area contributed by atoms with Crippen molar-refractivity contribution in [3.05, 3.63) is 0 Å². The number of carbonyl (C=O) groups is 2. The van der Waals surface area contributed by atoms with E-state index >= 15 is 0 Å². The monoisotopic (exact) mass is 385 g/mol. The molecule has 2 fully saturated rings. The van der Waals surface area contributed by atoms with Crippen LogP contribution in [0.15, 0.2) is 0 Å². The molecule has 2 saturated heterocycles. The third-order valence-electron chi connectivity index (χ3n) is 5.94. The van der Waals surface area contributed by atoms with Crippen LogP contribution in [0.3, 0.4) is 0 Å². The maximum Gasteiger partial charge on any atom is 0.302 e. The average molecular weight is 386 g/mol. The van der Waals surface area contributed by atoms with Gasteiger partial charge in [0.2, 0.25) is 5.91 Å². The number of rotatable bonds is 5. The van der Waals surface area contributed by atoms with Crippen LogP contribution in [0.1, 0.15) is 54.9 Å². The van der Waals surface area contributed by atoms with Gasteiger partial charge in [-0.3, -0.25) is 9.59 Å². The quantitative estimate of drug-likeness (QED) is 0.731. The molecule has 0 aromatic carbocycles. The van der Waals surface area contributed by atoms with Gasteiger partial charge in [0.25, 0.3) is 0 Å². The van der Waals surface area contributed by atoms with Crippen LogP contribution >= 0.6 is 0 Å². The SMILES string of the molecule is CC(=O)NC1C(C)OC(COC2OC(C)CC(OC(C)=O)C2C)C(C)C1C. The normalized spacial score (nSPS) is 42.4. The summed E-state index contributed by atoms with van der Waals surface area (Å²) < 4.78 is 23.6. The van der Waals surface area contributed by atoms with Gasteiger partial charge in [-0.15, -0.1) is 0 Å². The highest BCUT2D eigenvalue weighted by Crippen LogP contribution is 2.33. The van der Waals surface area contributed by atoms with E-state index in [1.54, 1.807) is 0 Å². The standard InChI is InChI=1S/C20H35NO6/c1-10-8-17(27-16(7)23)13(4)20(25-10)24-9-18-11(2)12(3)19(14(5)26-18)21-15(6)22/h10-14,17-20H,8-9H2,1-7H3,(H,21,22). The van der Waals surface area contributed by atoms with E-state index in [0.717, 1.165) is 0 Å². The van der Waals surface area contributed by atoms with Gasteiger partial charge in [-0.2, -0.15) is 0 Å². The summed E-state index contributed by atoms with van der Waals surface area (Å²) in [5, 5.41) is 3.00. The molecular weight excluding hydrogens is 350 g/mol. The summed E-state index contributed by atoms with van der Waals surface area (Å²) in [4.78, 5) is 22.8. The smallest absolute Gasteiger partial charge is 0.302 e.